The van der Waals surface area contributed by atoms with Crippen LogP contribution in [0.1, 0.15) is 218 Å². The summed E-state index contributed by atoms with van der Waals surface area (Å²) in [6.07, 6.45) is 27.3. The van der Waals surface area contributed by atoms with Gasteiger partial charge in [-0.1, -0.05) is 25.7 Å². The van der Waals surface area contributed by atoms with Crippen LogP contribution in [-0.2, 0) is 32.2 Å². The minimum absolute atomic E-state index is 0. The number of rotatable bonds is 14. The Balaban J connectivity index is 0.000000141. The van der Waals surface area contributed by atoms with Crippen LogP contribution in [0.3, 0.4) is 0 Å². The van der Waals surface area contributed by atoms with Crippen LogP contribution < -0.4 is 158 Å². The molecule has 6 saturated carbocycles. The van der Waals surface area contributed by atoms with Gasteiger partial charge in [-0.15, -0.1) is 0 Å². The number of fused-ring (bicyclic) bond motifs is 8. The number of nitrogen functional groups attached to an aromatic ring is 3. The van der Waals surface area contributed by atoms with E-state index in [0.29, 0.717) is 67.4 Å². The van der Waals surface area contributed by atoms with Crippen molar-refractivity contribution in [2.75, 3.05) is 72.2 Å². The van der Waals surface area contributed by atoms with Crippen molar-refractivity contribution in [3.8, 4) is 23.0 Å². The summed E-state index contributed by atoms with van der Waals surface area (Å²) in [4.78, 5) is 158. The second-order valence-electron chi connectivity index (χ2n) is 31.5. The minimum atomic E-state index is -0.677. The first-order valence-corrected chi connectivity index (χ1v) is 40.7. The molecule has 4 spiro atoms. The van der Waals surface area contributed by atoms with E-state index in [1.165, 1.54) is 60.2 Å². The Hall–Kier alpha value is -11.0. The van der Waals surface area contributed by atoms with Crippen LogP contribution in [0.2, 0.25) is 0 Å². The number of anilines is 11. The molecule has 8 aromatic heterocycles. The van der Waals surface area contributed by atoms with Crippen LogP contribution in [0.5, 0.6) is 23.0 Å². The van der Waals surface area contributed by atoms with E-state index in [0.717, 1.165) is 164 Å². The molecule has 6 aliphatic carbocycles. The molecule has 0 atom stereocenters. The molecule has 10 aliphatic rings. The molecule has 0 radical (unpaired) electrons. The van der Waals surface area contributed by atoms with Crippen molar-refractivity contribution in [1.82, 2.24) is 79.4 Å². The SMILES string of the molecule is COc1c(N)ncnc1NC(=O)C1CC1.COc1c(N)ncnc1Nc1cc(C)c2n(c1=O)C1(CCCCC1)NC2=O.COc1c(N)ncnc1Nc1cc(C)c2n(c1=O)C1(CCCCC1)NC2=O.COc1c(NC(=O)C2CC2)ncnc1Nc1cc(C)c2n(c1=O)C1(CCCCC1)NC2=O.Cc1cc(Br)c(=O)n2c1C(=O)NC21CCCCC1.[K+].[OH-]. The van der Waals surface area contributed by atoms with Gasteiger partial charge >= 0.3 is 51.4 Å². The Morgan fingerprint density at radius 3 is 0.901 bits per heavy atom. The van der Waals surface area contributed by atoms with Crippen molar-refractivity contribution in [2.45, 2.75) is 204 Å². The van der Waals surface area contributed by atoms with Gasteiger partial charge in [0.15, 0.2) is 46.5 Å². The van der Waals surface area contributed by atoms with E-state index in [-0.39, 0.29) is 178 Å². The zero-order valence-corrected chi connectivity index (χ0v) is 73.6. The number of aromatic nitrogens is 12. The molecule has 39 nitrogen and oxygen atoms in total. The van der Waals surface area contributed by atoms with Crippen molar-refractivity contribution < 1.29 is 105 Å². The minimum Gasteiger partial charge on any atom is -0.870 e. The van der Waals surface area contributed by atoms with Gasteiger partial charge in [0.1, 0.15) is 87.8 Å². The molecule has 0 unspecified atom stereocenters. The van der Waals surface area contributed by atoms with Crippen LogP contribution in [0.4, 0.5) is 63.6 Å². The van der Waals surface area contributed by atoms with Gasteiger partial charge in [-0.2, -0.15) is 0 Å². The molecule has 6 fully saturated rings. The molecular weight excluding hydrogens is 1660 g/mol. The predicted octanol–water partition coefficient (Wildman–Crippen LogP) is 5.21. The van der Waals surface area contributed by atoms with Gasteiger partial charge in [0.2, 0.25) is 34.8 Å². The maximum atomic E-state index is 13.6. The fourth-order valence-corrected chi connectivity index (χ4v) is 18.0. The molecule has 12 heterocycles. The van der Waals surface area contributed by atoms with Crippen LogP contribution >= 0.6 is 15.9 Å². The van der Waals surface area contributed by atoms with Crippen molar-refractivity contribution in [3.05, 3.63) is 140 Å². The Morgan fingerprint density at radius 1 is 0.380 bits per heavy atom. The fraction of sp³-hybridized carbons (Fsp3) is 0.475. The third-order valence-corrected chi connectivity index (χ3v) is 24.0. The van der Waals surface area contributed by atoms with Crippen molar-refractivity contribution >= 4 is 115 Å². The van der Waals surface area contributed by atoms with Gasteiger partial charge in [0, 0.05) is 11.8 Å². The van der Waals surface area contributed by atoms with E-state index < -0.39 is 22.7 Å². The monoisotopic (exact) mass is 1750 g/mol. The summed E-state index contributed by atoms with van der Waals surface area (Å²) in [6.45, 7) is 7.33. The van der Waals surface area contributed by atoms with E-state index in [1.807, 2.05) is 27.7 Å². The summed E-state index contributed by atoms with van der Waals surface area (Å²) in [5.74, 6) is 2.38. The average Bonchev–Trinajstić information content (AvgIpc) is 1.59. The van der Waals surface area contributed by atoms with Crippen molar-refractivity contribution in [2.24, 2.45) is 11.8 Å². The van der Waals surface area contributed by atoms with Gasteiger partial charge in [-0.25, -0.2) is 39.9 Å². The second kappa shape index (κ2) is 36.8. The number of carbonyl (C=O) groups excluding carboxylic acids is 6. The smallest absolute Gasteiger partial charge is 0.870 e. The molecule has 121 heavy (non-hydrogen) atoms. The summed E-state index contributed by atoms with van der Waals surface area (Å²) >= 11 is 3.30. The first-order chi connectivity index (χ1) is 57.1. The number of hydrogen-bond donors (Lipinski definition) is 12. The van der Waals surface area contributed by atoms with Gasteiger partial charge in [-0.05, 0) is 219 Å². The summed E-state index contributed by atoms with van der Waals surface area (Å²) in [5.41, 5.74) is 19.5. The Kier molecular flexibility index (Phi) is 27.1. The third-order valence-electron chi connectivity index (χ3n) is 23.5. The Morgan fingerprint density at radius 2 is 0.620 bits per heavy atom. The number of aryl methyl sites for hydroxylation is 4. The molecule has 0 aromatic carbocycles. The summed E-state index contributed by atoms with van der Waals surface area (Å²) < 4.78 is 28.1. The third kappa shape index (κ3) is 17.5. The molecule has 8 aromatic rings. The normalized spacial score (nSPS) is 17.7. The molecule has 636 valence electrons. The number of methoxy groups -OCH3 is 4. The van der Waals surface area contributed by atoms with E-state index in [9.17, 15) is 47.9 Å². The van der Waals surface area contributed by atoms with Crippen LogP contribution in [0.15, 0.2) is 73.2 Å². The molecule has 41 heteroatoms. The largest absolute Gasteiger partial charge is 1.00 e. The first kappa shape index (κ1) is 89.3. The number of nitrogens with zero attached hydrogens (tertiary/aromatic N) is 12. The number of ether oxygens (including phenoxy) is 4. The van der Waals surface area contributed by atoms with Gasteiger partial charge in [0.05, 0.1) is 32.9 Å². The van der Waals surface area contributed by atoms with Crippen LogP contribution in [0.25, 0.3) is 0 Å². The van der Waals surface area contributed by atoms with Gasteiger partial charge < -0.3 is 89.5 Å². The first-order valence-electron chi connectivity index (χ1n) is 39.9. The quantitative estimate of drug-likeness (QED) is 0.0621. The zero-order chi connectivity index (χ0) is 84.6. The standard InChI is InChI=1S/C22H26N6O4.2C18H22N6O3.C13H15BrN2O2.C9H12N4O2.K.H2O/c1-12-10-14(21(31)28-15(12)20(30)27-22(28)8-4-3-5-9-22)25-17-16(32-2)18(24-11-23-17)26-19(29)13-6-7-13;2*1-10-8-11(22-15-13(27-2)14(19)20-9-21-15)17(26)24-12(10)16(25)23-18(24)6-4-3-5-7-18;1-8-7-9(14)12(18)16-10(8)11(17)15-13(16)5-3-2-4-6-13;1-15-6-7(10)11-4-12-8(6)13-9(14)5-2-3-5;;/h10-11,13H,3-9H2,1-2H3,(H,27,30)(H2,23,24,25,26,29);2*8-9H,3-7H2,1-2H3,(H,23,25)(H3,19,20,21,22);7H,2-6H2,1H3,(H,15,17);4-5H,2-3H2,1H3,(H3,10,11,12,13,14);;1H2/q;;;;;+1;/p-1. The van der Waals surface area contributed by atoms with E-state index >= 15 is 0 Å². The second-order valence-corrected chi connectivity index (χ2v) is 32.3. The number of nitrogens with one attached hydrogen (secondary N) is 9. The number of hydrogen-bond acceptors (Lipinski definition) is 29. The molecule has 4 aliphatic heterocycles. The van der Waals surface area contributed by atoms with E-state index in [4.69, 9.17) is 36.1 Å². The topological polar surface area (TPSA) is 547 Å². The average molecular weight is 1750 g/mol. The Bertz CT molecular complexity index is 5490. The van der Waals surface area contributed by atoms with E-state index in [1.54, 1.807) is 42.5 Å². The molecular formula is C80H98BrKN24O15. The maximum absolute atomic E-state index is 13.6. The summed E-state index contributed by atoms with van der Waals surface area (Å²) in [5, 5.41) is 26.8. The van der Waals surface area contributed by atoms with E-state index in [2.05, 4.69) is 104 Å². The number of halogens is 1. The maximum Gasteiger partial charge on any atom is 1.00 e. The van der Waals surface area contributed by atoms with Crippen LogP contribution in [-0.4, -0.2) is 127 Å². The van der Waals surface area contributed by atoms with Gasteiger partial charge in [0.25, 0.3) is 45.9 Å². The number of pyridine rings is 4. The van der Waals surface area contributed by atoms with Crippen molar-refractivity contribution in [1.29, 1.82) is 0 Å². The number of nitrogens with two attached hydrogens (primary N) is 3. The van der Waals surface area contributed by atoms with Crippen molar-refractivity contribution in [3.63, 3.8) is 0 Å². The molecule has 18 rings (SSSR count). The molecule has 0 bridgehead atoms. The van der Waals surface area contributed by atoms with Gasteiger partial charge in [-0.3, -0.25) is 66.2 Å². The van der Waals surface area contributed by atoms with Crippen LogP contribution in [0, 0.1) is 39.5 Å². The number of carbonyl (C=O) groups is 6. The number of amides is 6. The zero-order valence-electron chi connectivity index (χ0n) is 68.9. The summed E-state index contributed by atoms with van der Waals surface area (Å²) in [7, 11) is 5.83. The molecule has 0 saturated heterocycles. The fourth-order valence-electron chi connectivity index (χ4n) is 17.5. The molecule has 6 amide bonds. The predicted molar refractivity (Wildman–Crippen MR) is 446 cm³/mol. The summed E-state index contributed by atoms with van der Waals surface area (Å²) in [6, 6.07) is 6.70. The molecule has 16 N–H and O–H groups in total. The Labute approximate surface area is 745 Å².